The molecule has 0 unspecified atom stereocenters. The molecule has 3 aromatic rings. The Morgan fingerprint density at radius 1 is 1.19 bits per heavy atom. The van der Waals surface area contributed by atoms with Crippen molar-refractivity contribution in [2.45, 2.75) is 19.1 Å². The Morgan fingerprint density at radius 2 is 2.11 bits per heavy atom. The summed E-state index contributed by atoms with van der Waals surface area (Å²) in [6, 6.07) is 7.29. The van der Waals surface area contributed by atoms with Gasteiger partial charge < -0.3 is 4.90 Å². The normalized spacial score (nSPS) is 19.0. The van der Waals surface area contributed by atoms with E-state index >= 15 is 0 Å². The number of nitrogens with zero attached hydrogens (tertiary/aromatic N) is 6. The molecule has 3 aromatic heterocycles. The fourth-order valence-corrected chi connectivity index (χ4v) is 3.54. The van der Waals surface area contributed by atoms with Crippen LogP contribution < -0.4 is 9.80 Å². The molecule has 0 aromatic carbocycles. The van der Waals surface area contributed by atoms with Crippen LogP contribution in [0.15, 0.2) is 49.1 Å². The van der Waals surface area contributed by atoms with E-state index in [2.05, 4.69) is 15.0 Å². The Bertz CT molecular complexity index is 987. The molecule has 5 rings (SSSR count). The molecule has 1 atom stereocenters. The molecular formula is C19H17FN6O. The van der Waals surface area contributed by atoms with E-state index in [1.165, 1.54) is 0 Å². The van der Waals surface area contributed by atoms with Gasteiger partial charge in [-0.1, -0.05) is 0 Å². The molecule has 2 aliphatic heterocycles. The van der Waals surface area contributed by atoms with Crippen molar-refractivity contribution in [1.29, 1.82) is 0 Å². The minimum Gasteiger partial charge on any atom is -0.354 e. The number of aromatic nitrogens is 4. The average Bonchev–Trinajstić information content (AvgIpc) is 3.39. The van der Waals surface area contributed by atoms with Gasteiger partial charge in [-0.25, -0.2) is 19.2 Å². The summed E-state index contributed by atoms with van der Waals surface area (Å²) in [6.45, 7) is 1.48. The van der Waals surface area contributed by atoms with Crippen LogP contribution in [0.4, 0.5) is 20.7 Å². The first kappa shape index (κ1) is 15.9. The van der Waals surface area contributed by atoms with Crippen molar-refractivity contribution in [2.24, 2.45) is 0 Å². The van der Waals surface area contributed by atoms with Crippen molar-refractivity contribution in [3.63, 3.8) is 0 Å². The number of pyridine rings is 2. The molecule has 1 saturated heterocycles. The average molecular weight is 364 g/mol. The van der Waals surface area contributed by atoms with Gasteiger partial charge in [-0.15, -0.1) is 0 Å². The van der Waals surface area contributed by atoms with E-state index in [0.717, 1.165) is 17.1 Å². The number of hydrogen-bond acceptors (Lipinski definition) is 5. The maximum atomic E-state index is 13.4. The number of alkyl halides is 1. The molecule has 1 fully saturated rings. The molecule has 0 saturated carbocycles. The van der Waals surface area contributed by atoms with Crippen LogP contribution in [0.5, 0.6) is 0 Å². The highest BCUT2D eigenvalue weighted by molar-refractivity contribution is 5.96. The number of anilines is 2. The standard InChI is InChI=1S/C19H17FN6O/c20-14-5-7-24(10-14)17-4-3-13(8-22-17)16-11-26-18(23-16)12-25(19(26)27)15-2-1-6-21-9-15/h1-4,6,8-9,11,14H,5,7,10,12H2/t14-/m0/s1. The summed E-state index contributed by atoms with van der Waals surface area (Å²) in [5.41, 5.74) is 2.28. The topological polar surface area (TPSA) is 67.2 Å². The molecule has 0 N–H and O–H groups in total. The van der Waals surface area contributed by atoms with E-state index in [1.807, 2.05) is 23.1 Å². The molecule has 8 heteroatoms. The van der Waals surface area contributed by atoms with Crippen molar-refractivity contribution in [2.75, 3.05) is 22.9 Å². The van der Waals surface area contributed by atoms with Crippen molar-refractivity contribution in [3.8, 4) is 11.3 Å². The number of rotatable bonds is 3. The summed E-state index contributed by atoms with van der Waals surface area (Å²) < 4.78 is 14.9. The molecule has 0 spiro atoms. The highest BCUT2D eigenvalue weighted by Crippen LogP contribution is 2.28. The molecule has 0 radical (unpaired) electrons. The molecule has 5 heterocycles. The lowest BCUT2D eigenvalue weighted by atomic mass is 10.2. The lowest BCUT2D eigenvalue weighted by molar-refractivity contribution is 0.251. The maximum Gasteiger partial charge on any atom is 0.334 e. The van der Waals surface area contributed by atoms with Gasteiger partial charge in [0.2, 0.25) is 0 Å². The molecule has 1 amide bonds. The van der Waals surface area contributed by atoms with Crippen LogP contribution in [-0.4, -0.2) is 44.8 Å². The highest BCUT2D eigenvalue weighted by atomic mass is 19.1. The summed E-state index contributed by atoms with van der Waals surface area (Å²) in [5.74, 6) is 1.45. The first-order valence-electron chi connectivity index (χ1n) is 8.84. The minimum absolute atomic E-state index is 0.146. The number of hydrogen-bond donors (Lipinski definition) is 0. The van der Waals surface area contributed by atoms with Crippen LogP contribution in [0.25, 0.3) is 11.3 Å². The molecule has 0 bridgehead atoms. The van der Waals surface area contributed by atoms with Crippen LogP contribution in [0.2, 0.25) is 0 Å². The third kappa shape index (κ3) is 2.73. The van der Waals surface area contributed by atoms with E-state index in [4.69, 9.17) is 0 Å². The molecule has 27 heavy (non-hydrogen) atoms. The second kappa shape index (κ2) is 6.15. The van der Waals surface area contributed by atoms with Gasteiger partial charge in [0.15, 0.2) is 0 Å². The zero-order chi connectivity index (χ0) is 18.4. The third-order valence-corrected chi connectivity index (χ3v) is 4.97. The second-order valence-electron chi connectivity index (χ2n) is 6.73. The van der Waals surface area contributed by atoms with Gasteiger partial charge >= 0.3 is 6.03 Å². The van der Waals surface area contributed by atoms with Crippen LogP contribution in [-0.2, 0) is 6.54 Å². The number of fused-ring (bicyclic) bond motifs is 1. The van der Waals surface area contributed by atoms with Crippen molar-refractivity contribution in [1.82, 2.24) is 19.5 Å². The molecule has 2 aliphatic rings. The number of imidazole rings is 1. The number of carbonyl (C=O) groups is 1. The number of halogens is 1. The smallest absolute Gasteiger partial charge is 0.334 e. The predicted molar refractivity (Wildman–Crippen MR) is 98.4 cm³/mol. The lowest BCUT2D eigenvalue weighted by Crippen LogP contribution is -2.25. The molecule has 136 valence electrons. The van der Waals surface area contributed by atoms with Crippen molar-refractivity contribution < 1.29 is 9.18 Å². The van der Waals surface area contributed by atoms with Crippen LogP contribution in [0.3, 0.4) is 0 Å². The van der Waals surface area contributed by atoms with Crippen LogP contribution in [0.1, 0.15) is 12.2 Å². The summed E-state index contributed by atoms with van der Waals surface area (Å²) >= 11 is 0. The van der Waals surface area contributed by atoms with E-state index in [0.29, 0.717) is 37.6 Å². The Hall–Kier alpha value is -3.29. The zero-order valence-corrected chi connectivity index (χ0v) is 14.5. The van der Waals surface area contributed by atoms with E-state index in [-0.39, 0.29) is 6.03 Å². The summed E-state index contributed by atoms with van der Waals surface area (Å²) in [7, 11) is 0. The second-order valence-corrected chi connectivity index (χ2v) is 6.73. The quantitative estimate of drug-likeness (QED) is 0.715. The molecule has 0 aliphatic carbocycles. The Labute approximate surface area is 155 Å². The molecular weight excluding hydrogens is 347 g/mol. The first-order chi connectivity index (χ1) is 13.2. The zero-order valence-electron chi connectivity index (χ0n) is 14.5. The van der Waals surface area contributed by atoms with Crippen LogP contribution >= 0.6 is 0 Å². The Kier molecular flexibility index (Phi) is 3.63. The third-order valence-electron chi connectivity index (χ3n) is 4.97. The van der Waals surface area contributed by atoms with Gasteiger partial charge in [0, 0.05) is 30.7 Å². The van der Waals surface area contributed by atoms with Crippen molar-refractivity contribution in [3.05, 3.63) is 54.9 Å². The maximum absolute atomic E-state index is 13.4. The van der Waals surface area contributed by atoms with Crippen LogP contribution in [0, 0.1) is 0 Å². The number of carbonyl (C=O) groups excluding carboxylic acids is 1. The summed E-state index contributed by atoms with van der Waals surface area (Å²) in [6.07, 6.45) is 6.56. The van der Waals surface area contributed by atoms with Gasteiger partial charge in [-0.2, -0.15) is 0 Å². The largest absolute Gasteiger partial charge is 0.354 e. The van der Waals surface area contributed by atoms with Gasteiger partial charge in [-0.05, 0) is 30.7 Å². The lowest BCUT2D eigenvalue weighted by Gasteiger charge is -2.16. The van der Waals surface area contributed by atoms with Crippen molar-refractivity contribution >= 4 is 17.5 Å². The summed E-state index contributed by atoms with van der Waals surface area (Å²) in [5, 5.41) is 0. The fourth-order valence-electron chi connectivity index (χ4n) is 3.54. The Balaban J connectivity index is 1.37. The predicted octanol–water partition coefficient (Wildman–Crippen LogP) is 2.88. The highest BCUT2D eigenvalue weighted by Gasteiger charge is 2.30. The fraction of sp³-hybridized carbons (Fsp3) is 0.263. The first-order valence-corrected chi connectivity index (χ1v) is 8.84. The van der Waals surface area contributed by atoms with E-state index in [9.17, 15) is 9.18 Å². The van der Waals surface area contributed by atoms with Gasteiger partial charge in [0.05, 0.1) is 30.7 Å². The number of amides is 1. The molecule has 7 nitrogen and oxygen atoms in total. The van der Waals surface area contributed by atoms with E-state index in [1.54, 1.807) is 40.3 Å². The summed E-state index contributed by atoms with van der Waals surface area (Å²) in [4.78, 5) is 29.3. The minimum atomic E-state index is -0.781. The van der Waals surface area contributed by atoms with Gasteiger partial charge in [-0.3, -0.25) is 14.5 Å². The van der Waals surface area contributed by atoms with Gasteiger partial charge in [0.1, 0.15) is 17.8 Å². The van der Waals surface area contributed by atoms with E-state index < -0.39 is 6.17 Å². The Morgan fingerprint density at radius 3 is 2.78 bits per heavy atom. The monoisotopic (exact) mass is 364 g/mol. The SMILES string of the molecule is O=C1N(c2cccnc2)Cc2nc(-c3ccc(N4CC[C@H](F)C4)nc3)cn21. The van der Waals surface area contributed by atoms with Gasteiger partial charge in [0.25, 0.3) is 0 Å².